The number of ether oxygens (including phenoxy) is 1. The first-order valence-corrected chi connectivity index (χ1v) is 8.80. The highest BCUT2D eigenvalue weighted by Crippen LogP contribution is 2.20. The number of amides is 2. The van der Waals surface area contributed by atoms with Crippen molar-refractivity contribution in [3.63, 3.8) is 0 Å². The number of esters is 1. The van der Waals surface area contributed by atoms with Gasteiger partial charge in [-0.25, -0.2) is 9.59 Å². The van der Waals surface area contributed by atoms with E-state index in [4.69, 9.17) is 16.3 Å². The van der Waals surface area contributed by atoms with Crippen molar-refractivity contribution >= 4 is 23.6 Å². The molecule has 0 saturated carbocycles. The van der Waals surface area contributed by atoms with Gasteiger partial charge in [0.25, 0.3) is 0 Å². The van der Waals surface area contributed by atoms with E-state index in [0.717, 1.165) is 5.56 Å². The molecule has 0 fully saturated rings. The molecule has 0 unspecified atom stereocenters. The topological polar surface area (TPSA) is 79.5 Å². The van der Waals surface area contributed by atoms with Crippen LogP contribution in [-0.2, 0) is 9.53 Å². The largest absolute Gasteiger partial charge is 0.463 e. The van der Waals surface area contributed by atoms with Crippen molar-refractivity contribution in [1.29, 1.82) is 0 Å². The number of urea groups is 1. The molecule has 0 radical (unpaired) electrons. The van der Waals surface area contributed by atoms with E-state index < -0.39 is 5.97 Å². The minimum absolute atomic E-state index is 0.00140. The summed E-state index contributed by atoms with van der Waals surface area (Å²) in [5.74, 6) is -0.408. The Kier molecular flexibility index (Phi) is 6.84. The van der Waals surface area contributed by atoms with E-state index in [1.54, 1.807) is 6.92 Å². The third kappa shape index (κ3) is 4.96. The molecule has 0 aliphatic carbocycles. The molecule has 25 heavy (non-hydrogen) atoms. The highest BCUT2D eigenvalue weighted by atomic mass is 35.5. The molecule has 1 aromatic rings. The van der Waals surface area contributed by atoms with Gasteiger partial charge in [-0.1, -0.05) is 30.7 Å². The molecule has 0 spiro atoms. The molecule has 136 valence electrons. The maximum Gasteiger partial charge on any atom is 0.337 e. The predicted molar refractivity (Wildman–Crippen MR) is 97.3 cm³/mol. The van der Waals surface area contributed by atoms with Crippen LogP contribution < -0.4 is 16.0 Å². The molecule has 0 aromatic heterocycles. The number of carbonyl (C=O) groups is 2. The highest BCUT2D eigenvalue weighted by Gasteiger charge is 2.31. The maximum absolute atomic E-state index is 12.3. The van der Waals surface area contributed by atoms with Crippen LogP contribution in [-0.4, -0.2) is 31.2 Å². The predicted octanol–water partition coefficient (Wildman–Crippen LogP) is 2.90. The fraction of sp³-hybridized carbons (Fsp3) is 0.444. The molecular formula is C18H24ClN3O3. The molecule has 3 N–H and O–H groups in total. The lowest BCUT2D eigenvalue weighted by Crippen LogP contribution is -2.51. The molecule has 2 atom stereocenters. The van der Waals surface area contributed by atoms with Gasteiger partial charge in [0.1, 0.15) is 0 Å². The summed E-state index contributed by atoms with van der Waals surface area (Å²) in [6.45, 7) is 6.29. The monoisotopic (exact) mass is 365 g/mol. The quantitative estimate of drug-likeness (QED) is 0.649. The number of hydrogen-bond donors (Lipinski definition) is 3. The lowest BCUT2D eigenvalue weighted by atomic mass is 10.00. The Morgan fingerprint density at radius 3 is 2.80 bits per heavy atom. The van der Waals surface area contributed by atoms with Crippen LogP contribution in [0.15, 0.2) is 35.5 Å². The lowest BCUT2D eigenvalue weighted by Gasteiger charge is -2.29. The smallest absolute Gasteiger partial charge is 0.337 e. The van der Waals surface area contributed by atoms with Crippen molar-refractivity contribution in [2.24, 2.45) is 0 Å². The van der Waals surface area contributed by atoms with Crippen LogP contribution in [0.4, 0.5) is 4.79 Å². The van der Waals surface area contributed by atoms with E-state index in [0.29, 0.717) is 29.3 Å². The van der Waals surface area contributed by atoms with Crippen molar-refractivity contribution in [3.05, 3.63) is 46.1 Å². The second-order valence-electron chi connectivity index (χ2n) is 5.83. The van der Waals surface area contributed by atoms with Crippen molar-refractivity contribution in [3.8, 4) is 0 Å². The normalized spacial score (nSPS) is 18.4. The number of nitrogens with one attached hydrogen (secondary N) is 3. The van der Waals surface area contributed by atoms with E-state index in [-0.39, 0.29) is 24.7 Å². The van der Waals surface area contributed by atoms with Gasteiger partial charge in [0.05, 0.1) is 18.2 Å². The molecule has 7 heteroatoms. The zero-order chi connectivity index (χ0) is 18.4. The molecule has 6 nitrogen and oxygen atoms in total. The van der Waals surface area contributed by atoms with E-state index >= 15 is 0 Å². The van der Waals surface area contributed by atoms with Gasteiger partial charge in [-0.3, -0.25) is 0 Å². The molecule has 2 amide bonds. The third-order valence-corrected chi connectivity index (χ3v) is 4.32. The number of halogens is 1. The second-order valence-corrected chi connectivity index (χ2v) is 6.27. The zero-order valence-electron chi connectivity index (χ0n) is 14.7. The lowest BCUT2D eigenvalue weighted by molar-refractivity contribution is -0.139. The van der Waals surface area contributed by atoms with Crippen molar-refractivity contribution in [1.82, 2.24) is 16.0 Å². The molecule has 2 rings (SSSR count). The van der Waals surface area contributed by atoms with Crippen LogP contribution in [0.3, 0.4) is 0 Å². The minimum atomic E-state index is -0.408. The molecule has 1 aromatic carbocycles. The fourth-order valence-electron chi connectivity index (χ4n) is 2.75. The number of benzene rings is 1. The summed E-state index contributed by atoms with van der Waals surface area (Å²) >= 11 is 6.03. The Balaban J connectivity index is 2.19. The molecule has 0 bridgehead atoms. The fourth-order valence-corrected chi connectivity index (χ4v) is 2.95. The van der Waals surface area contributed by atoms with Gasteiger partial charge in [-0.2, -0.15) is 0 Å². The summed E-state index contributed by atoms with van der Waals surface area (Å²) in [5.41, 5.74) is 2.04. The summed E-state index contributed by atoms with van der Waals surface area (Å²) in [7, 11) is 0. The van der Waals surface area contributed by atoms with Crippen molar-refractivity contribution in [2.75, 3.05) is 13.2 Å². The van der Waals surface area contributed by atoms with Crippen LogP contribution in [0.25, 0.3) is 0 Å². The van der Waals surface area contributed by atoms with Gasteiger partial charge in [-0.15, -0.1) is 0 Å². The van der Waals surface area contributed by atoms with Crippen molar-refractivity contribution < 1.29 is 14.3 Å². The van der Waals surface area contributed by atoms with Crippen LogP contribution >= 0.6 is 11.6 Å². The Morgan fingerprint density at radius 2 is 2.16 bits per heavy atom. The van der Waals surface area contributed by atoms with Gasteiger partial charge in [-0.05, 0) is 38.0 Å². The summed E-state index contributed by atoms with van der Waals surface area (Å²) in [6, 6.07) is 6.89. The standard InChI is InChI=1S/C18H24ClN3O3/c1-4-14-16(17(23)25-5-2)15(22-18(24)21-14)10-20-11(3)12-7-6-8-13(19)9-12/h6-9,11,14,20H,4-5,10H2,1-3H3,(H2,21,22,24)/t11-,14-/m0/s1. The van der Waals surface area contributed by atoms with Crippen LogP contribution in [0.2, 0.25) is 5.02 Å². The average molecular weight is 366 g/mol. The SMILES string of the molecule is CCOC(=O)C1=C(CN[C@@H](C)c2cccc(Cl)c2)NC(=O)N[C@H]1CC. The first-order valence-electron chi connectivity index (χ1n) is 8.42. The van der Waals surface area contributed by atoms with Gasteiger partial charge in [0.2, 0.25) is 0 Å². The van der Waals surface area contributed by atoms with Gasteiger partial charge in [0, 0.05) is 23.3 Å². The minimum Gasteiger partial charge on any atom is -0.463 e. The average Bonchev–Trinajstić information content (AvgIpc) is 2.59. The Hall–Kier alpha value is -2.05. The van der Waals surface area contributed by atoms with Gasteiger partial charge >= 0.3 is 12.0 Å². The molecule has 1 aliphatic heterocycles. The second kappa shape index (κ2) is 8.87. The van der Waals surface area contributed by atoms with Gasteiger partial charge in [0.15, 0.2) is 0 Å². The number of rotatable bonds is 7. The first-order chi connectivity index (χ1) is 12.0. The van der Waals surface area contributed by atoms with Gasteiger partial charge < -0.3 is 20.7 Å². The summed E-state index contributed by atoms with van der Waals surface area (Å²) < 4.78 is 5.15. The zero-order valence-corrected chi connectivity index (χ0v) is 15.4. The van der Waals surface area contributed by atoms with E-state index in [2.05, 4.69) is 16.0 Å². The number of carbonyl (C=O) groups excluding carboxylic acids is 2. The Bertz CT molecular complexity index is 675. The molecule has 1 aliphatic rings. The highest BCUT2D eigenvalue weighted by molar-refractivity contribution is 6.30. The first kappa shape index (κ1) is 19.3. The maximum atomic E-state index is 12.3. The van der Waals surface area contributed by atoms with Crippen LogP contribution in [0.5, 0.6) is 0 Å². The summed E-state index contributed by atoms with van der Waals surface area (Å²) in [4.78, 5) is 24.2. The molecule has 1 heterocycles. The van der Waals surface area contributed by atoms with E-state index in [9.17, 15) is 9.59 Å². The summed E-state index contributed by atoms with van der Waals surface area (Å²) in [5, 5.41) is 9.47. The van der Waals surface area contributed by atoms with Crippen LogP contribution in [0, 0.1) is 0 Å². The molecular weight excluding hydrogens is 342 g/mol. The Labute approximate surface area is 153 Å². The van der Waals surface area contributed by atoms with Crippen LogP contribution in [0.1, 0.15) is 38.8 Å². The summed E-state index contributed by atoms with van der Waals surface area (Å²) in [6.07, 6.45) is 0.606. The van der Waals surface area contributed by atoms with E-state index in [1.165, 1.54) is 0 Å². The van der Waals surface area contributed by atoms with E-state index in [1.807, 2.05) is 38.1 Å². The Morgan fingerprint density at radius 1 is 1.40 bits per heavy atom. The number of hydrogen-bond acceptors (Lipinski definition) is 4. The van der Waals surface area contributed by atoms with Crippen molar-refractivity contribution in [2.45, 2.75) is 39.3 Å². The molecule has 0 saturated heterocycles. The third-order valence-electron chi connectivity index (χ3n) is 4.08.